The summed E-state index contributed by atoms with van der Waals surface area (Å²) < 4.78 is 0. The molecule has 3 rings (SSSR count). The molecule has 0 spiro atoms. The van der Waals surface area contributed by atoms with E-state index in [1.807, 2.05) is 0 Å². The van der Waals surface area contributed by atoms with Crippen molar-refractivity contribution >= 4 is 52.4 Å². The van der Waals surface area contributed by atoms with Gasteiger partial charge in [0.25, 0.3) is 17.5 Å². The third-order valence-electron chi connectivity index (χ3n) is 3.94. The molecule has 1 aromatic carbocycles. The first-order valence-electron chi connectivity index (χ1n) is 7.46. The molecular formula is C16H10Cl2N4O5. The predicted octanol–water partition coefficient (Wildman–Crippen LogP) is 2.84. The molecule has 0 saturated heterocycles. The van der Waals surface area contributed by atoms with Crippen molar-refractivity contribution in [3.63, 3.8) is 0 Å². The number of carbonyl (C=O) groups excluding carboxylic acids is 3. The highest BCUT2D eigenvalue weighted by Crippen LogP contribution is 2.31. The van der Waals surface area contributed by atoms with Gasteiger partial charge in [-0.3, -0.25) is 29.4 Å². The second-order valence-electron chi connectivity index (χ2n) is 5.60. The molecule has 2 heterocycles. The Bertz CT molecular complexity index is 1020. The summed E-state index contributed by atoms with van der Waals surface area (Å²) in [5.41, 5.74) is -0.453. The van der Waals surface area contributed by atoms with Gasteiger partial charge in [-0.15, -0.1) is 0 Å². The number of fused-ring (bicyclic) bond motifs is 1. The van der Waals surface area contributed by atoms with Crippen LogP contribution in [0, 0.1) is 17.0 Å². The number of anilines is 1. The summed E-state index contributed by atoms with van der Waals surface area (Å²) in [6, 6.07) is 3.71. The molecule has 9 nitrogen and oxygen atoms in total. The molecule has 0 bridgehead atoms. The molecule has 27 heavy (non-hydrogen) atoms. The Morgan fingerprint density at radius 1 is 1.30 bits per heavy atom. The number of nitrogens with one attached hydrogen (secondary N) is 1. The third kappa shape index (κ3) is 3.22. The van der Waals surface area contributed by atoms with Gasteiger partial charge in [0.1, 0.15) is 12.1 Å². The number of aromatic nitrogens is 1. The summed E-state index contributed by atoms with van der Waals surface area (Å²) in [5, 5.41) is 13.9. The van der Waals surface area contributed by atoms with Gasteiger partial charge < -0.3 is 5.32 Å². The number of rotatable bonds is 4. The third-order valence-corrected chi connectivity index (χ3v) is 4.78. The molecule has 0 fully saturated rings. The van der Waals surface area contributed by atoms with Gasteiger partial charge in [0.15, 0.2) is 5.82 Å². The van der Waals surface area contributed by atoms with Crippen molar-refractivity contribution in [1.29, 1.82) is 0 Å². The van der Waals surface area contributed by atoms with Gasteiger partial charge in [-0.1, -0.05) is 29.3 Å². The number of nitro groups is 1. The molecule has 0 unspecified atom stereocenters. The van der Waals surface area contributed by atoms with E-state index in [4.69, 9.17) is 23.2 Å². The number of carbonyl (C=O) groups is 3. The summed E-state index contributed by atoms with van der Waals surface area (Å²) in [4.78, 5) is 51.9. The average molecular weight is 409 g/mol. The number of nitrogens with zero attached hydrogens (tertiary/aromatic N) is 3. The number of imide groups is 1. The first-order chi connectivity index (χ1) is 12.7. The Kier molecular flexibility index (Phi) is 4.81. The molecular weight excluding hydrogens is 399 g/mol. The van der Waals surface area contributed by atoms with Gasteiger partial charge in [-0.25, -0.2) is 4.98 Å². The van der Waals surface area contributed by atoms with Crippen molar-refractivity contribution < 1.29 is 19.3 Å². The normalized spacial score (nSPS) is 12.9. The number of halogens is 2. The topological polar surface area (TPSA) is 123 Å². The largest absolute Gasteiger partial charge is 0.308 e. The summed E-state index contributed by atoms with van der Waals surface area (Å²) in [7, 11) is 0. The molecule has 11 heteroatoms. The molecule has 0 saturated carbocycles. The van der Waals surface area contributed by atoms with E-state index >= 15 is 0 Å². The summed E-state index contributed by atoms with van der Waals surface area (Å²) in [6.45, 7) is 0.981. The van der Waals surface area contributed by atoms with Crippen LogP contribution >= 0.6 is 23.2 Å². The molecule has 1 N–H and O–H groups in total. The fourth-order valence-corrected chi connectivity index (χ4v) is 2.96. The van der Waals surface area contributed by atoms with E-state index in [1.165, 1.54) is 18.3 Å². The summed E-state index contributed by atoms with van der Waals surface area (Å²) in [6.07, 6.45) is 1.30. The molecule has 138 valence electrons. The Hall–Kier alpha value is -3.04. The fourth-order valence-electron chi connectivity index (χ4n) is 2.57. The zero-order valence-electron chi connectivity index (χ0n) is 13.7. The van der Waals surface area contributed by atoms with E-state index in [1.54, 1.807) is 6.92 Å². The first kappa shape index (κ1) is 18.7. The SMILES string of the molecule is Cc1c(Cl)cnc(NC(=O)CN2C(=O)c3cccc([N+](=O)[O-])c3C2=O)c1Cl. The first-order valence-corrected chi connectivity index (χ1v) is 8.22. The average Bonchev–Trinajstić information content (AvgIpc) is 2.87. The van der Waals surface area contributed by atoms with Crippen LogP contribution in [0.25, 0.3) is 0 Å². The lowest BCUT2D eigenvalue weighted by Gasteiger charge is -2.14. The Morgan fingerprint density at radius 3 is 2.67 bits per heavy atom. The number of nitro benzene ring substituents is 1. The maximum atomic E-state index is 12.4. The van der Waals surface area contributed by atoms with Crippen LogP contribution in [0.15, 0.2) is 24.4 Å². The van der Waals surface area contributed by atoms with E-state index in [0.717, 1.165) is 6.07 Å². The Balaban J connectivity index is 1.83. The minimum atomic E-state index is -0.913. The Morgan fingerprint density at radius 2 is 2.00 bits per heavy atom. The van der Waals surface area contributed by atoms with Crippen molar-refractivity contribution in [2.75, 3.05) is 11.9 Å². The zero-order valence-corrected chi connectivity index (χ0v) is 15.2. The second kappa shape index (κ2) is 6.93. The monoisotopic (exact) mass is 408 g/mol. The zero-order chi connectivity index (χ0) is 19.9. The standard InChI is InChI=1S/C16H10Cl2N4O5/c1-7-9(17)5-19-14(13(7)18)20-11(23)6-21-15(24)8-3-2-4-10(22(26)27)12(8)16(21)25/h2-5H,6H2,1H3,(H,19,20,23). The Labute approximate surface area is 162 Å². The summed E-state index contributed by atoms with van der Waals surface area (Å²) in [5.74, 6) is -2.43. The van der Waals surface area contributed by atoms with Crippen LogP contribution < -0.4 is 5.32 Å². The molecule has 0 radical (unpaired) electrons. The molecule has 2 aromatic rings. The lowest BCUT2D eigenvalue weighted by Crippen LogP contribution is -2.37. The van der Waals surface area contributed by atoms with Crippen LogP contribution in [0.3, 0.4) is 0 Å². The van der Waals surface area contributed by atoms with Crippen LogP contribution in [0.2, 0.25) is 10.0 Å². The van der Waals surface area contributed by atoms with E-state index in [0.29, 0.717) is 15.5 Å². The van der Waals surface area contributed by atoms with Crippen LogP contribution in [-0.2, 0) is 4.79 Å². The van der Waals surface area contributed by atoms with Gasteiger partial charge in [0.05, 0.1) is 20.5 Å². The highest BCUT2D eigenvalue weighted by atomic mass is 35.5. The number of benzene rings is 1. The van der Waals surface area contributed by atoms with E-state index in [-0.39, 0.29) is 22.0 Å². The molecule has 1 aromatic heterocycles. The lowest BCUT2D eigenvalue weighted by atomic mass is 10.1. The number of hydrogen-bond donors (Lipinski definition) is 1. The maximum Gasteiger partial charge on any atom is 0.282 e. The maximum absolute atomic E-state index is 12.4. The summed E-state index contributed by atoms with van der Waals surface area (Å²) >= 11 is 11.9. The van der Waals surface area contributed by atoms with Gasteiger partial charge in [-0.2, -0.15) is 0 Å². The van der Waals surface area contributed by atoms with Gasteiger partial charge in [0.2, 0.25) is 5.91 Å². The van der Waals surface area contributed by atoms with Gasteiger partial charge in [0, 0.05) is 12.3 Å². The van der Waals surface area contributed by atoms with Crippen molar-refractivity contribution in [3.8, 4) is 0 Å². The minimum absolute atomic E-state index is 0.0196. The smallest absolute Gasteiger partial charge is 0.282 e. The van der Waals surface area contributed by atoms with Crippen LogP contribution in [0.4, 0.5) is 11.5 Å². The number of pyridine rings is 1. The van der Waals surface area contributed by atoms with Crippen molar-refractivity contribution in [2.45, 2.75) is 6.92 Å². The minimum Gasteiger partial charge on any atom is -0.308 e. The van der Waals surface area contributed by atoms with Crippen LogP contribution in [0.5, 0.6) is 0 Å². The number of amides is 3. The second-order valence-corrected chi connectivity index (χ2v) is 6.38. The molecule has 0 aliphatic carbocycles. The van der Waals surface area contributed by atoms with E-state index < -0.39 is 34.9 Å². The fraction of sp³-hybridized carbons (Fsp3) is 0.125. The van der Waals surface area contributed by atoms with E-state index in [2.05, 4.69) is 10.3 Å². The quantitative estimate of drug-likeness (QED) is 0.471. The van der Waals surface area contributed by atoms with Crippen LogP contribution in [-0.4, -0.2) is 39.1 Å². The van der Waals surface area contributed by atoms with Crippen LogP contribution in [0.1, 0.15) is 26.3 Å². The van der Waals surface area contributed by atoms with E-state index in [9.17, 15) is 24.5 Å². The predicted molar refractivity (Wildman–Crippen MR) is 96.1 cm³/mol. The van der Waals surface area contributed by atoms with Gasteiger partial charge in [-0.05, 0) is 18.6 Å². The number of hydrogen-bond acceptors (Lipinski definition) is 6. The van der Waals surface area contributed by atoms with Gasteiger partial charge >= 0.3 is 0 Å². The highest BCUT2D eigenvalue weighted by molar-refractivity contribution is 6.37. The molecule has 1 aliphatic rings. The van der Waals surface area contributed by atoms with Crippen molar-refractivity contribution in [1.82, 2.24) is 9.88 Å². The highest BCUT2D eigenvalue weighted by Gasteiger charge is 2.41. The molecule has 0 atom stereocenters. The molecule has 3 amide bonds. The van der Waals surface area contributed by atoms with Crippen molar-refractivity contribution in [2.24, 2.45) is 0 Å². The van der Waals surface area contributed by atoms with Crippen molar-refractivity contribution in [3.05, 3.63) is 61.2 Å². The molecule has 1 aliphatic heterocycles. The lowest BCUT2D eigenvalue weighted by molar-refractivity contribution is -0.385.